The molecule has 0 aliphatic heterocycles. The van der Waals surface area contributed by atoms with Crippen molar-refractivity contribution >= 4 is 39.9 Å². The molecule has 0 radical (unpaired) electrons. The summed E-state index contributed by atoms with van der Waals surface area (Å²) in [5.41, 5.74) is 12.5. The number of nitrogens with two attached hydrogens (primary N) is 2. The minimum atomic E-state index is 0. The number of benzene rings is 1. The van der Waals surface area contributed by atoms with Gasteiger partial charge < -0.3 is 11.5 Å². The van der Waals surface area contributed by atoms with Crippen molar-refractivity contribution in [2.24, 2.45) is 11.5 Å². The maximum Gasteiger partial charge on any atom is 0.0464 e. The summed E-state index contributed by atoms with van der Waals surface area (Å²) in [7, 11) is 0. The first kappa shape index (κ1) is 16.2. The van der Waals surface area contributed by atoms with Crippen molar-refractivity contribution in [3.8, 4) is 0 Å². The molecule has 0 aliphatic carbocycles. The Bertz CT molecular complexity index is 321. The lowest BCUT2D eigenvalue weighted by molar-refractivity contribution is 0.591. The number of rotatable bonds is 5. The van der Waals surface area contributed by atoms with Gasteiger partial charge in [-0.2, -0.15) is 0 Å². The lowest BCUT2D eigenvalue weighted by atomic mass is 10.0. The molecule has 1 aromatic rings. The molecule has 1 atom stereocenters. The standard InChI is InChI=1S/C11H16BrClN2.ClH/c12-8-4-5-9(10(13)7-8)11(15)3-1-2-6-14;/h4-5,7,11H,1-3,6,14-15H2;1H/t11-;/m0./s1. The Morgan fingerprint density at radius 2 is 2.00 bits per heavy atom. The fourth-order valence-electron chi connectivity index (χ4n) is 1.47. The zero-order valence-electron chi connectivity index (χ0n) is 8.96. The lowest BCUT2D eigenvalue weighted by Gasteiger charge is -2.13. The highest BCUT2D eigenvalue weighted by atomic mass is 79.9. The van der Waals surface area contributed by atoms with Crippen LogP contribution in [0.4, 0.5) is 0 Å². The van der Waals surface area contributed by atoms with Crippen molar-refractivity contribution in [1.82, 2.24) is 0 Å². The zero-order chi connectivity index (χ0) is 11.3. The highest BCUT2D eigenvalue weighted by Crippen LogP contribution is 2.27. The fourth-order valence-corrected chi connectivity index (χ4v) is 2.28. The quantitative estimate of drug-likeness (QED) is 0.811. The molecule has 0 fully saturated rings. The molecule has 1 aromatic carbocycles. The molecule has 5 heteroatoms. The van der Waals surface area contributed by atoms with Crippen molar-refractivity contribution in [1.29, 1.82) is 0 Å². The summed E-state index contributed by atoms with van der Waals surface area (Å²) in [6.45, 7) is 0.723. The number of unbranched alkanes of at least 4 members (excludes halogenated alkanes) is 1. The van der Waals surface area contributed by atoms with E-state index < -0.39 is 0 Å². The highest BCUT2D eigenvalue weighted by Gasteiger charge is 2.09. The second-order valence-corrected chi connectivity index (χ2v) is 4.88. The third-order valence-corrected chi connectivity index (χ3v) is 3.15. The van der Waals surface area contributed by atoms with E-state index in [-0.39, 0.29) is 18.4 Å². The average molecular weight is 328 g/mol. The predicted octanol–water partition coefficient (Wildman–Crippen LogP) is 3.65. The van der Waals surface area contributed by atoms with Crippen molar-refractivity contribution < 1.29 is 0 Å². The molecular weight excluding hydrogens is 311 g/mol. The Kier molecular flexibility index (Phi) is 8.42. The van der Waals surface area contributed by atoms with Crippen LogP contribution in [-0.2, 0) is 0 Å². The minimum absolute atomic E-state index is 0. The molecule has 0 saturated heterocycles. The summed E-state index contributed by atoms with van der Waals surface area (Å²) in [4.78, 5) is 0. The molecule has 0 aromatic heterocycles. The predicted molar refractivity (Wildman–Crippen MR) is 76.2 cm³/mol. The molecule has 0 amide bonds. The van der Waals surface area contributed by atoms with Crippen LogP contribution in [0, 0.1) is 0 Å². The monoisotopic (exact) mass is 326 g/mol. The van der Waals surface area contributed by atoms with Gasteiger partial charge in [-0.25, -0.2) is 0 Å². The van der Waals surface area contributed by atoms with Crippen LogP contribution in [0.1, 0.15) is 30.9 Å². The van der Waals surface area contributed by atoms with E-state index >= 15 is 0 Å². The molecule has 16 heavy (non-hydrogen) atoms. The largest absolute Gasteiger partial charge is 0.330 e. The van der Waals surface area contributed by atoms with Gasteiger partial charge in [0.2, 0.25) is 0 Å². The van der Waals surface area contributed by atoms with Crippen LogP contribution in [0.2, 0.25) is 5.02 Å². The van der Waals surface area contributed by atoms with Gasteiger partial charge in [0.25, 0.3) is 0 Å². The van der Waals surface area contributed by atoms with E-state index in [4.69, 9.17) is 23.1 Å². The summed E-state index contributed by atoms with van der Waals surface area (Å²) >= 11 is 9.47. The SMILES string of the molecule is Cl.NCCCC[C@H](N)c1ccc(Br)cc1Cl. The first-order chi connectivity index (χ1) is 7.15. The van der Waals surface area contributed by atoms with Crippen LogP contribution in [-0.4, -0.2) is 6.54 Å². The van der Waals surface area contributed by atoms with Gasteiger partial charge in [0, 0.05) is 15.5 Å². The topological polar surface area (TPSA) is 52.0 Å². The Balaban J connectivity index is 0.00000225. The van der Waals surface area contributed by atoms with Crippen molar-refractivity contribution in [3.05, 3.63) is 33.3 Å². The Morgan fingerprint density at radius 1 is 1.31 bits per heavy atom. The summed E-state index contributed by atoms with van der Waals surface area (Å²) in [6.07, 6.45) is 2.99. The molecule has 0 unspecified atom stereocenters. The third-order valence-electron chi connectivity index (χ3n) is 2.33. The van der Waals surface area contributed by atoms with Crippen LogP contribution in [0.5, 0.6) is 0 Å². The van der Waals surface area contributed by atoms with Gasteiger partial charge in [-0.15, -0.1) is 12.4 Å². The van der Waals surface area contributed by atoms with Gasteiger partial charge in [-0.05, 0) is 37.1 Å². The van der Waals surface area contributed by atoms with E-state index in [9.17, 15) is 0 Å². The number of halogens is 3. The van der Waals surface area contributed by atoms with Crippen LogP contribution in [0.15, 0.2) is 22.7 Å². The van der Waals surface area contributed by atoms with Crippen molar-refractivity contribution in [2.45, 2.75) is 25.3 Å². The van der Waals surface area contributed by atoms with E-state index in [1.54, 1.807) is 0 Å². The molecule has 0 spiro atoms. The van der Waals surface area contributed by atoms with Gasteiger partial charge in [0.15, 0.2) is 0 Å². The van der Waals surface area contributed by atoms with Gasteiger partial charge in [-0.1, -0.05) is 40.0 Å². The second kappa shape index (κ2) is 8.31. The minimum Gasteiger partial charge on any atom is -0.330 e. The summed E-state index contributed by atoms with van der Waals surface area (Å²) < 4.78 is 0.977. The van der Waals surface area contributed by atoms with Crippen molar-refractivity contribution in [3.63, 3.8) is 0 Å². The Labute approximate surface area is 116 Å². The van der Waals surface area contributed by atoms with Gasteiger partial charge in [0.1, 0.15) is 0 Å². The molecule has 0 bridgehead atoms. The molecule has 4 N–H and O–H groups in total. The Morgan fingerprint density at radius 3 is 2.56 bits per heavy atom. The summed E-state index contributed by atoms with van der Waals surface area (Å²) in [6, 6.07) is 5.82. The Hall–Kier alpha value is 0.200. The van der Waals surface area contributed by atoms with Crippen molar-refractivity contribution in [2.75, 3.05) is 6.54 Å². The smallest absolute Gasteiger partial charge is 0.0464 e. The zero-order valence-corrected chi connectivity index (χ0v) is 12.1. The van der Waals surface area contributed by atoms with Crippen LogP contribution in [0.3, 0.4) is 0 Å². The molecule has 2 nitrogen and oxygen atoms in total. The fraction of sp³-hybridized carbons (Fsp3) is 0.455. The number of hydrogen-bond donors (Lipinski definition) is 2. The number of hydrogen-bond acceptors (Lipinski definition) is 2. The van der Waals surface area contributed by atoms with Gasteiger partial charge in [-0.3, -0.25) is 0 Å². The van der Waals surface area contributed by atoms with Crippen LogP contribution in [0.25, 0.3) is 0 Å². The highest BCUT2D eigenvalue weighted by molar-refractivity contribution is 9.10. The van der Waals surface area contributed by atoms with E-state index in [0.717, 1.165) is 40.9 Å². The molecule has 0 saturated carbocycles. The lowest BCUT2D eigenvalue weighted by Crippen LogP contribution is -2.11. The molecule has 1 rings (SSSR count). The summed E-state index contributed by atoms with van der Waals surface area (Å²) in [5.74, 6) is 0. The first-order valence-corrected chi connectivity index (χ1v) is 6.23. The van der Waals surface area contributed by atoms with Gasteiger partial charge >= 0.3 is 0 Å². The maximum atomic E-state index is 6.10. The third kappa shape index (κ3) is 5.02. The maximum absolute atomic E-state index is 6.10. The van der Waals surface area contributed by atoms with E-state index in [1.165, 1.54) is 0 Å². The van der Waals surface area contributed by atoms with E-state index in [1.807, 2.05) is 18.2 Å². The first-order valence-electron chi connectivity index (χ1n) is 5.05. The molecule has 0 heterocycles. The van der Waals surface area contributed by atoms with Crippen LogP contribution >= 0.6 is 39.9 Å². The normalized spacial score (nSPS) is 12.0. The molecule has 0 aliphatic rings. The molecular formula is C11H17BrCl2N2. The van der Waals surface area contributed by atoms with E-state index in [2.05, 4.69) is 15.9 Å². The molecule has 92 valence electrons. The second-order valence-electron chi connectivity index (χ2n) is 3.56. The summed E-state index contributed by atoms with van der Waals surface area (Å²) in [5, 5.41) is 0.727. The van der Waals surface area contributed by atoms with Gasteiger partial charge in [0.05, 0.1) is 0 Å². The van der Waals surface area contributed by atoms with E-state index in [0.29, 0.717) is 0 Å². The van der Waals surface area contributed by atoms with Crippen LogP contribution < -0.4 is 11.5 Å². The average Bonchev–Trinajstić information content (AvgIpc) is 2.17.